The Balaban J connectivity index is 0.000000459. The number of carbonyl (C=O) groups is 2. The highest BCUT2D eigenvalue weighted by molar-refractivity contribution is 6.74. The summed E-state index contributed by atoms with van der Waals surface area (Å²) in [5.41, 5.74) is 2.63. The molecule has 554 valence electrons. The van der Waals surface area contributed by atoms with E-state index in [-0.39, 0.29) is 56.0 Å². The number of Topliss-reactive ketones (excluding diaryl/α,β-unsaturated/α-hetero) is 2. The maximum Gasteiger partial charge on any atom is 0.192 e. The first-order chi connectivity index (χ1) is 55.3. The number of rotatable bonds is 20. The summed E-state index contributed by atoms with van der Waals surface area (Å²) in [6.07, 6.45) is 2.02. The number of ketones is 2. The largest absolute Gasteiger partial charge is 0.409 e. The number of hydrogen-bond acceptors (Lipinski definition) is 14. The van der Waals surface area contributed by atoms with E-state index in [2.05, 4.69) is 322 Å². The summed E-state index contributed by atoms with van der Waals surface area (Å²) in [5.74, 6) is 116. The topological polar surface area (TPSA) is 215 Å². The van der Waals surface area contributed by atoms with Gasteiger partial charge in [-0.3, -0.25) is 9.59 Å². The van der Waals surface area contributed by atoms with Crippen molar-refractivity contribution in [2.45, 2.75) is 117 Å². The summed E-state index contributed by atoms with van der Waals surface area (Å²) >= 11 is 0. The fraction of sp³-hybridized carbons (Fsp3) is 0.200. The molecule has 0 amide bonds. The van der Waals surface area contributed by atoms with Crippen LogP contribution >= 0.6 is 0 Å². The summed E-state index contributed by atoms with van der Waals surface area (Å²) in [6, 6.07) is 38.2. The van der Waals surface area contributed by atoms with Crippen LogP contribution in [0.1, 0.15) is 95.2 Å². The monoisotopic (exact) mass is 1520 g/mol. The van der Waals surface area contributed by atoms with Crippen molar-refractivity contribution in [1.29, 1.82) is 0 Å². The van der Waals surface area contributed by atoms with Crippen LogP contribution in [0, 0.1) is 285 Å². The van der Waals surface area contributed by atoms with E-state index in [1.165, 1.54) is 19.9 Å². The molecule has 0 saturated heterocycles. The maximum atomic E-state index is 12.7. The number of terminal acetylenes is 1. The van der Waals surface area contributed by atoms with E-state index in [0.717, 1.165) is 33.4 Å². The molecule has 0 fully saturated rings. The van der Waals surface area contributed by atoms with Gasteiger partial charge in [0.1, 0.15) is 43.4 Å². The second-order valence-electron chi connectivity index (χ2n) is 23.5. The molecule has 4 aromatic carbocycles. The minimum atomic E-state index is -2.00. The highest BCUT2D eigenvalue weighted by atomic mass is 28.4. The van der Waals surface area contributed by atoms with Crippen molar-refractivity contribution < 1.29 is 58.1 Å². The van der Waals surface area contributed by atoms with Crippen molar-refractivity contribution in [2.24, 2.45) is 0 Å². The van der Waals surface area contributed by atoms with Gasteiger partial charge in [0.25, 0.3) is 0 Å². The van der Waals surface area contributed by atoms with Crippen LogP contribution in [0.5, 0.6) is 0 Å². The van der Waals surface area contributed by atoms with Gasteiger partial charge < -0.3 is 48.5 Å². The molecule has 0 aliphatic heterocycles. The Morgan fingerprint density at radius 1 is 0.391 bits per heavy atom. The number of aliphatic hydroxyl groups excluding tert-OH is 5. The molecule has 0 bridgehead atoms. The van der Waals surface area contributed by atoms with Crippen LogP contribution in [-0.2, 0) is 49.9 Å². The average Bonchev–Trinajstić information content (AvgIpc) is 1.75. The molecule has 0 unspecified atom stereocenters. The molecule has 0 saturated carbocycles. The van der Waals surface area contributed by atoms with Crippen molar-refractivity contribution in [3.05, 3.63) is 155 Å². The third kappa shape index (κ3) is 36.6. The number of nitrogens with zero attached hydrogens (tertiary/aromatic N) is 2. The zero-order chi connectivity index (χ0) is 82.7. The lowest BCUT2D eigenvalue weighted by atomic mass is 9.91. The van der Waals surface area contributed by atoms with Gasteiger partial charge >= 0.3 is 0 Å². The first kappa shape index (κ1) is 93.2. The highest BCUT2D eigenvalue weighted by Crippen LogP contribution is 2.38. The highest BCUT2D eigenvalue weighted by Gasteiger charge is 2.45. The SMILES string of the molecule is C.C#CC#CC#CC#CC#CC#CC#CC#CC#CC#CC#CC#CC#CC#CC#CC#CC#CC#CC#CC#CC#CC#CC#CC#CC.CC(C)(C)[Si](C)(C)OCc1cc([C@H](O)[C@](C)(OCc2ccc(-c3ccccc3)cc2)C(=O)CO)no1.C[C@@](OCc1ccc(-c2ccccc2)cc1)(C(=O)CO)[C@@H](O)c1cc(CO)on1. The average molecular weight is 1520 g/mol. The van der Waals surface area contributed by atoms with Crippen LogP contribution < -0.4 is 0 Å². The molecule has 5 N–H and O–H groups in total. The van der Waals surface area contributed by atoms with Gasteiger partial charge in [0.05, 0.1) is 19.8 Å². The molecule has 4 atom stereocenters. The molecule has 15 heteroatoms. The third-order valence-electron chi connectivity index (χ3n) is 14.8. The number of carbonyl (C=O) groups excluding carboxylic acids is 2. The Kier molecular flexibility index (Phi) is 44.2. The molecule has 6 aromatic rings. The molecule has 0 spiro atoms. The van der Waals surface area contributed by atoms with Crippen molar-refractivity contribution >= 4 is 19.9 Å². The number of aliphatic hydroxyl groups is 5. The van der Waals surface area contributed by atoms with Crippen LogP contribution in [0.25, 0.3) is 22.3 Å². The number of ether oxygens (including phenoxy) is 2. The van der Waals surface area contributed by atoms with Crippen LogP contribution in [0.3, 0.4) is 0 Å². The summed E-state index contributed by atoms with van der Waals surface area (Å²) in [4.78, 5) is 25.0. The molecule has 14 nitrogen and oxygen atoms in total. The molecule has 6 rings (SSSR count). The lowest BCUT2D eigenvalue weighted by Crippen LogP contribution is -2.46. The zero-order valence-electron chi connectivity index (χ0n) is 63.0. The molecule has 2 heterocycles. The lowest BCUT2D eigenvalue weighted by molar-refractivity contribution is -0.166. The molecule has 115 heavy (non-hydrogen) atoms. The van der Waals surface area contributed by atoms with E-state index >= 15 is 0 Å². The van der Waals surface area contributed by atoms with Gasteiger partial charge in [0.15, 0.2) is 42.6 Å². The Morgan fingerprint density at radius 2 is 0.643 bits per heavy atom. The van der Waals surface area contributed by atoms with E-state index < -0.39 is 56.5 Å². The van der Waals surface area contributed by atoms with Gasteiger partial charge in [0.2, 0.25) is 0 Å². The minimum Gasteiger partial charge on any atom is -0.409 e. The van der Waals surface area contributed by atoms with Crippen molar-refractivity contribution in [3.63, 3.8) is 0 Å². The number of hydrogen-bond donors (Lipinski definition) is 5. The summed E-state index contributed by atoms with van der Waals surface area (Å²) < 4.78 is 28.1. The maximum absolute atomic E-state index is 12.7. The first-order valence-corrected chi connectivity index (χ1v) is 36.4. The van der Waals surface area contributed by atoms with Crippen LogP contribution in [0.2, 0.25) is 18.1 Å². The van der Waals surface area contributed by atoms with Gasteiger partial charge in [-0.25, -0.2) is 0 Å². The Morgan fingerprint density at radius 3 is 0.887 bits per heavy atom. The van der Waals surface area contributed by atoms with Gasteiger partial charge in [0, 0.05) is 190 Å². The lowest BCUT2D eigenvalue weighted by Gasteiger charge is -2.35. The van der Waals surface area contributed by atoms with Crippen LogP contribution in [0.15, 0.2) is 130 Å². The fourth-order valence-electron chi connectivity index (χ4n) is 7.79. The molecule has 0 radical (unpaired) electrons. The molecule has 0 aliphatic rings. The second-order valence-corrected chi connectivity index (χ2v) is 28.4. The predicted octanol–water partition coefficient (Wildman–Crippen LogP) is 9.19. The normalized spacial score (nSPS) is 9.95. The quantitative estimate of drug-likeness (QED) is 0.0356. The first-order valence-electron chi connectivity index (χ1n) is 33.5. The van der Waals surface area contributed by atoms with E-state index in [0.29, 0.717) is 5.76 Å². The number of benzene rings is 4. The zero-order valence-corrected chi connectivity index (χ0v) is 64.0. The number of aromatic nitrogens is 2. The summed E-state index contributed by atoms with van der Waals surface area (Å²) in [7, 11) is -2.00. The fourth-order valence-corrected chi connectivity index (χ4v) is 8.72. The molecular formula is C100H68N2O12Si. The predicted molar refractivity (Wildman–Crippen MR) is 445 cm³/mol. The van der Waals surface area contributed by atoms with Crippen molar-refractivity contribution in [3.8, 4) is 307 Å². The summed E-state index contributed by atoms with van der Waals surface area (Å²) in [5, 5.41) is 57.4. The van der Waals surface area contributed by atoms with E-state index in [1.807, 2.05) is 109 Å². The summed E-state index contributed by atoms with van der Waals surface area (Å²) in [6.45, 7) is 13.6. The third-order valence-corrected chi connectivity index (χ3v) is 19.3. The minimum absolute atomic E-state index is 0. The van der Waals surface area contributed by atoms with Gasteiger partial charge in [-0.15, -0.1) is 6.42 Å². The van der Waals surface area contributed by atoms with Crippen LogP contribution in [0.4, 0.5) is 0 Å². The van der Waals surface area contributed by atoms with Gasteiger partial charge in [-0.1, -0.05) is 154 Å². The van der Waals surface area contributed by atoms with Gasteiger partial charge in [-0.2, -0.15) is 0 Å². The second kappa shape index (κ2) is 54.5. The van der Waals surface area contributed by atoms with Crippen molar-refractivity contribution in [1.82, 2.24) is 10.3 Å². The Hall–Kier alpha value is -16.0. The Bertz CT molecular complexity index is 6140. The smallest absolute Gasteiger partial charge is 0.192 e. The molecule has 0 aliphatic carbocycles. The van der Waals surface area contributed by atoms with E-state index in [1.54, 1.807) is 13.0 Å². The standard InChI is InChI=1S/C49H4.C28H37NO6Si.C22H23NO6.CH4/c1-3-5-7-9-11-13-15-17-19-21-23-25-27-29-31-33-35-37-39-41-43-45-47-49-48-46-44-42-40-38-36-34-32-30-28-26-24-22-20-18-16-14-12-10-8-6-4-2;1-27(2,3)36(5,6)34-19-23-16-24(29-35-23)26(32)28(4,25(31)17-30)33-18-20-12-14-22(15-13-20)21-10-8-7-9-11-21;1-22(20(26)13-25,21(27)19-11-18(12-24)29-23-19)28-14-15-7-9-17(10-8-15)16-5-3-2-4-6-16;/h1H,2H3;7-16,26,30,32H,17-19H2,1-6H3;2-11,21,24-25,27H,12-14H2,1H3;1H4/t;26-,28+;21-,22+;/m.00./s1. The van der Waals surface area contributed by atoms with E-state index in [4.69, 9.17) is 34.5 Å². The van der Waals surface area contributed by atoms with Gasteiger partial charge in [-0.05, 0) is 167 Å². The van der Waals surface area contributed by atoms with E-state index in [9.17, 15) is 30.0 Å². The van der Waals surface area contributed by atoms with Crippen molar-refractivity contribution in [2.75, 3.05) is 13.2 Å². The van der Waals surface area contributed by atoms with Crippen LogP contribution in [-0.4, -0.2) is 80.1 Å². The molecular weight excluding hydrogens is 1450 g/mol. The molecule has 2 aromatic heterocycles. The Labute approximate surface area is 676 Å².